The summed E-state index contributed by atoms with van der Waals surface area (Å²) in [4.78, 5) is 0. The molecule has 2 rings (SSSR count). The molecule has 1 atom stereocenters. The van der Waals surface area contributed by atoms with Crippen LogP contribution in [-0.4, -0.2) is 20.0 Å². The van der Waals surface area contributed by atoms with Gasteiger partial charge < -0.3 is 15.2 Å². The first-order chi connectivity index (χ1) is 7.76. The number of hydrogen-bond donors (Lipinski definition) is 1. The van der Waals surface area contributed by atoms with Crippen LogP contribution in [0, 0.1) is 0 Å². The van der Waals surface area contributed by atoms with Crippen molar-refractivity contribution in [2.24, 2.45) is 5.73 Å². The molecule has 1 heterocycles. The van der Waals surface area contributed by atoms with Gasteiger partial charge in [0.05, 0.1) is 14.2 Å². The Hall–Kier alpha value is -0.870. The van der Waals surface area contributed by atoms with E-state index in [1.54, 1.807) is 14.2 Å². The maximum atomic E-state index is 6.15. The van der Waals surface area contributed by atoms with Gasteiger partial charge >= 0.3 is 0 Å². The molecule has 0 saturated carbocycles. The van der Waals surface area contributed by atoms with E-state index in [0.717, 1.165) is 29.4 Å². The average Bonchev–Trinajstić information content (AvgIpc) is 2.49. The molecule has 0 aliphatic carbocycles. The van der Waals surface area contributed by atoms with Crippen LogP contribution in [0.15, 0.2) is 12.1 Å². The van der Waals surface area contributed by atoms with Crippen molar-refractivity contribution >= 4 is 11.8 Å². The normalized spacial score (nSPS) is 19.8. The molecule has 0 fully saturated rings. The van der Waals surface area contributed by atoms with Crippen molar-refractivity contribution in [1.29, 1.82) is 0 Å². The van der Waals surface area contributed by atoms with Crippen LogP contribution in [0.5, 0.6) is 11.5 Å². The molecule has 0 amide bonds. The Morgan fingerprint density at radius 3 is 2.62 bits per heavy atom. The second kappa shape index (κ2) is 4.97. The van der Waals surface area contributed by atoms with Crippen LogP contribution in [-0.2, 0) is 5.75 Å². The molecule has 3 nitrogen and oxygen atoms in total. The van der Waals surface area contributed by atoms with Gasteiger partial charge in [-0.15, -0.1) is 0 Å². The minimum absolute atomic E-state index is 0.116. The standard InChI is InChI=1S/C12H17NO2S/c1-14-11-5-8-7-16-4-3-10(13)9(8)6-12(11)15-2/h5-6,10H,3-4,7,13H2,1-2H3/t10-/m1/s1. The second-order valence-electron chi connectivity index (χ2n) is 3.85. The van der Waals surface area contributed by atoms with Crippen molar-refractivity contribution in [3.63, 3.8) is 0 Å². The van der Waals surface area contributed by atoms with Gasteiger partial charge in [0.15, 0.2) is 11.5 Å². The third kappa shape index (κ3) is 2.13. The molecule has 0 radical (unpaired) electrons. The van der Waals surface area contributed by atoms with E-state index < -0.39 is 0 Å². The molecule has 1 aliphatic heterocycles. The third-order valence-electron chi connectivity index (χ3n) is 2.88. The van der Waals surface area contributed by atoms with Gasteiger partial charge in [-0.25, -0.2) is 0 Å². The number of ether oxygens (including phenoxy) is 2. The monoisotopic (exact) mass is 239 g/mol. The fraction of sp³-hybridized carbons (Fsp3) is 0.500. The molecule has 16 heavy (non-hydrogen) atoms. The van der Waals surface area contributed by atoms with Crippen molar-refractivity contribution in [1.82, 2.24) is 0 Å². The van der Waals surface area contributed by atoms with Crippen LogP contribution in [0.2, 0.25) is 0 Å². The molecule has 0 aromatic heterocycles. The van der Waals surface area contributed by atoms with Crippen LogP contribution in [0.4, 0.5) is 0 Å². The molecule has 0 spiro atoms. The van der Waals surface area contributed by atoms with E-state index in [2.05, 4.69) is 0 Å². The van der Waals surface area contributed by atoms with Crippen LogP contribution in [0.3, 0.4) is 0 Å². The lowest BCUT2D eigenvalue weighted by atomic mass is 9.99. The lowest BCUT2D eigenvalue weighted by molar-refractivity contribution is 0.354. The zero-order valence-electron chi connectivity index (χ0n) is 9.66. The van der Waals surface area contributed by atoms with E-state index in [1.165, 1.54) is 11.1 Å². The molecule has 0 saturated heterocycles. The largest absolute Gasteiger partial charge is 0.493 e. The van der Waals surface area contributed by atoms with Gasteiger partial charge in [-0.1, -0.05) is 0 Å². The topological polar surface area (TPSA) is 44.5 Å². The van der Waals surface area contributed by atoms with Crippen LogP contribution >= 0.6 is 11.8 Å². The molecule has 1 aliphatic rings. The van der Waals surface area contributed by atoms with Crippen LogP contribution in [0.25, 0.3) is 0 Å². The van der Waals surface area contributed by atoms with E-state index in [1.807, 2.05) is 23.9 Å². The van der Waals surface area contributed by atoms with Gasteiger partial charge in [0.1, 0.15) is 0 Å². The summed E-state index contributed by atoms with van der Waals surface area (Å²) in [7, 11) is 3.31. The zero-order chi connectivity index (χ0) is 11.5. The predicted octanol–water partition coefficient (Wildman–Crippen LogP) is 2.34. The number of benzene rings is 1. The van der Waals surface area contributed by atoms with Crippen LogP contribution in [0.1, 0.15) is 23.6 Å². The van der Waals surface area contributed by atoms with Gasteiger partial charge in [-0.3, -0.25) is 0 Å². The highest BCUT2D eigenvalue weighted by molar-refractivity contribution is 7.98. The SMILES string of the molecule is COc1cc2c(cc1OC)[C@H](N)CCSC2. The van der Waals surface area contributed by atoms with Crippen molar-refractivity contribution in [2.75, 3.05) is 20.0 Å². The van der Waals surface area contributed by atoms with E-state index in [9.17, 15) is 0 Å². The summed E-state index contributed by atoms with van der Waals surface area (Å²) in [5, 5.41) is 0. The zero-order valence-corrected chi connectivity index (χ0v) is 10.5. The highest BCUT2D eigenvalue weighted by atomic mass is 32.2. The molecular weight excluding hydrogens is 222 g/mol. The summed E-state index contributed by atoms with van der Waals surface area (Å²) in [6.07, 6.45) is 1.02. The summed E-state index contributed by atoms with van der Waals surface area (Å²) in [6.45, 7) is 0. The van der Waals surface area contributed by atoms with Crippen molar-refractivity contribution < 1.29 is 9.47 Å². The molecule has 1 aromatic carbocycles. The van der Waals surface area contributed by atoms with E-state index >= 15 is 0 Å². The quantitative estimate of drug-likeness (QED) is 0.860. The van der Waals surface area contributed by atoms with Gasteiger partial charge in [0.2, 0.25) is 0 Å². The average molecular weight is 239 g/mol. The molecule has 4 heteroatoms. The Balaban J connectivity index is 2.47. The summed E-state index contributed by atoms with van der Waals surface area (Å²) in [5.74, 6) is 3.67. The van der Waals surface area contributed by atoms with Crippen molar-refractivity contribution in [2.45, 2.75) is 18.2 Å². The van der Waals surface area contributed by atoms with Gasteiger partial charge in [0, 0.05) is 11.8 Å². The first-order valence-electron chi connectivity index (χ1n) is 5.34. The molecule has 0 bridgehead atoms. The highest BCUT2D eigenvalue weighted by Gasteiger charge is 2.18. The Morgan fingerprint density at radius 2 is 1.94 bits per heavy atom. The van der Waals surface area contributed by atoms with Crippen LogP contribution < -0.4 is 15.2 Å². The molecular formula is C12H17NO2S. The predicted molar refractivity (Wildman–Crippen MR) is 67.3 cm³/mol. The maximum Gasteiger partial charge on any atom is 0.161 e. The fourth-order valence-electron chi connectivity index (χ4n) is 1.95. The van der Waals surface area contributed by atoms with Gasteiger partial charge in [0.25, 0.3) is 0 Å². The first-order valence-corrected chi connectivity index (χ1v) is 6.50. The number of rotatable bonds is 2. The van der Waals surface area contributed by atoms with Gasteiger partial charge in [-0.2, -0.15) is 11.8 Å². The maximum absolute atomic E-state index is 6.15. The Kier molecular flexibility index (Phi) is 3.61. The molecule has 88 valence electrons. The number of methoxy groups -OCH3 is 2. The number of nitrogens with two attached hydrogens (primary N) is 1. The summed E-state index contributed by atoms with van der Waals surface area (Å²) < 4.78 is 10.6. The smallest absolute Gasteiger partial charge is 0.161 e. The summed E-state index contributed by atoms with van der Waals surface area (Å²) >= 11 is 1.92. The van der Waals surface area contributed by atoms with Gasteiger partial charge in [-0.05, 0) is 35.4 Å². The Morgan fingerprint density at radius 1 is 1.25 bits per heavy atom. The minimum atomic E-state index is 0.116. The lowest BCUT2D eigenvalue weighted by Gasteiger charge is -2.16. The highest BCUT2D eigenvalue weighted by Crippen LogP contribution is 2.37. The second-order valence-corrected chi connectivity index (χ2v) is 4.96. The third-order valence-corrected chi connectivity index (χ3v) is 3.92. The number of hydrogen-bond acceptors (Lipinski definition) is 4. The summed E-state index contributed by atoms with van der Waals surface area (Å²) in [6, 6.07) is 4.18. The molecule has 0 unspecified atom stereocenters. The Bertz CT molecular complexity index is 382. The minimum Gasteiger partial charge on any atom is -0.493 e. The summed E-state index contributed by atoms with van der Waals surface area (Å²) in [5.41, 5.74) is 8.62. The van der Waals surface area contributed by atoms with E-state index in [-0.39, 0.29) is 6.04 Å². The van der Waals surface area contributed by atoms with E-state index in [0.29, 0.717) is 0 Å². The lowest BCUT2D eigenvalue weighted by Crippen LogP contribution is -2.11. The molecule has 1 aromatic rings. The Labute approximate surface area is 100 Å². The number of fused-ring (bicyclic) bond motifs is 1. The first kappa shape index (κ1) is 11.6. The fourth-order valence-corrected chi connectivity index (χ4v) is 2.99. The van der Waals surface area contributed by atoms with Crippen molar-refractivity contribution in [3.05, 3.63) is 23.3 Å². The van der Waals surface area contributed by atoms with Crippen molar-refractivity contribution in [3.8, 4) is 11.5 Å². The van der Waals surface area contributed by atoms with E-state index in [4.69, 9.17) is 15.2 Å². The molecule has 2 N–H and O–H groups in total. The number of thioether (sulfide) groups is 1.